The Morgan fingerprint density at radius 1 is 1.23 bits per heavy atom. The summed E-state index contributed by atoms with van der Waals surface area (Å²) < 4.78 is 38.0. The van der Waals surface area contributed by atoms with Gasteiger partial charge < -0.3 is 27.2 Å². The van der Waals surface area contributed by atoms with Gasteiger partial charge in [-0.15, -0.1) is 0 Å². The zero-order valence-corrected chi connectivity index (χ0v) is 13.2. The molecule has 7 N–H and O–H groups in total. The first-order valence-corrected chi connectivity index (χ1v) is 7.05. The molecule has 12 heteroatoms. The lowest BCUT2D eigenvalue weighted by atomic mass is 10.2. The van der Waals surface area contributed by atoms with Gasteiger partial charge in [-0.3, -0.25) is 14.4 Å². The van der Waals surface area contributed by atoms with Crippen molar-refractivity contribution in [2.45, 2.75) is 18.6 Å². The van der Waals surface area contributed by atoms with Crippen LogP contribution in [0, 0.1) is 0 Å². The third kappa shape index (κ3) is 7.07. The quantitative estimate of drug-likeness (QED) is 0.329. The maximum atomic E-state index is 12.7. The van der Waals surface area contributed by atoms with E-state index in [9.17, 15) is 27.6 Å². The number of carbonyl (C=O) groups is 3. The van der Waals surface area contributed by atoms with Gasteiger partial charge in [0.1, 0.15) is 6.04 Å². The van der Waals surface area contributed by atoms with Gasteiger partial charge in [0.15, 0.2) is 5.96 Å². The van der Waals surface area contributed by atoms with Crippen molar-refractivity contribution in [2.24, 2.45) is 16.5 Å². The number of halogens is 3. The summed E-state index contributed by atoms with van der Waals surface area (Å²) in [5.41, 5.74) is 10.7. The van der Waals surface area contributed by atoms with Crippen molar-refractivity contribution in [2.75, 3.05) is 6.54 Å². The number of nitrogens with one attached hydrogen (secondary N) is 2. The van der Waals surface area contributed by atoms with E-state index in [-0.39, 0.29) is 17.2 Å². The minimum atomic E-state index is -4.94. The third-order valence-corrected chi connectivity index (χ3v) is 2.89. The molecule has 0 aliphatic carbocycles. The molecule has 1 atom stereocenters. The molecule has 0 aliphatic heterocycles. The number of aliphatic carboxylic acids is 1. The van der Waals surface area contributed by atoms with Crippen molar-refractivity contribution >= 4 is 29.4 Å². The Kier molecular flexibility index (Phi) is 6.93. The Bertz CT molecular complexity index is 717. The lowest BCUT2D eigenvalue weighted by Gasteiger charge is -2.20. The van der Waals surface area contributed by atoms with Crippen molar-refractivity contribution in [3.05, 3.63) is 29.8 Å². The number of hydrogen-bond acceptors (Lipinski definition) is 4. The van der Waals surface area contributed by atoms with Gasteiger partial charge in [0.25, 0.3) is 5.91 Å². The van der Waals surface area contributed by atoms with Crippen molar-refractivity contribution in [3.63, 3.8) is 0 Å². The molecule has 1 rings (SSSR count). The highest BCUT2D eigenvalue weighted by molar-refractivity contribution is 5.97. The fourth-order valence-electron chi connectivity index (χ4n) is 1.80. The van der Waals surface area contributed by atoms with E-state index in [0.29, 0.717) is 0 Å². The van der Waals surface area contributed by atoms with Gasteiger partial charge in [-0.05, 0) is 18.2 Å². The van der Waals surface area contributed by atoms with Gasteiger partial charge in [-0.2, -0.15) is 13.2 Å². The average molecular weight is 375 g/mol. The molecular formula is C14H16F3N5O4. The predicted molar refractivity (Wildman–Crippen MR) is 84.5 cm³/mol. The zero-order chi connectivity index (χ0) is 19.9. The number of aliphatic imine (C=N–C) groups is 1. The number of hydrogen-bond donors (Lipinski definition) is 5. The Morgan fingerprint density at radius 2 is 1.88 bits per heavy atom. The van der Waals surface area contributed by atoms with Crippen LogP contribution in [0.15, 0.2) is 29.3 Å². The fourth-order valence-corrected chi connectivity index (χ4v) is 1.80. The first kappa shape index (κ1) is 20.7. The molecule has 0 aliphatic rings. The highest BCUT2D eigenvalue weighted by Gasteiger charge is 2.41. The van der Waals surface area contributed by atoms with Crippen LogP contribution in [-0.4, -0.2) is 47.6 Å². The van der Waals surface area contributed by atoms with Gasteiger partial charge in [-0.1, -0.05) is 6.07 Å². The van der Waals surface area contributed by atoms with Crippen LogP contribution in [0.2, 0.25) is 0 Å². The second kappa shape index (κ2) is 8.69. The van der Waals surface area contributed by atoms with Gasteiger partial charge in [0, 0.05) is 5.56 Å². The highest BCUT2D eigenvalue weighted by Crippen LogP contribution is 2.22. The van der Waals surface area contributed by atoms with Crippen molar-refractivity contribution in [1.29, 1.82) is 0 Å². The molecule has 2 amide bonds. The Balaban J connectivity index is 2.67. The van der Waals surface area contributed by atoms with Crippen molar-refractivity contribution < 1.29 is 32.7 Å². The normalized spacial score (nSPS) is 12.0. The molecule has 1 unspecified atom stereocenters. The van der Waals surface area contributed by atoms with Gasteiger partial charge in [-0.25, -0.2) is 4.99 Å². The summed E-state index contributed by atoms with van der Waals surface area (Å²) in [7, 11) is 0. The summed E-state index contributed by atoms with van der Waals surface area (Å²) in [6.07, 6.45) is -6.27. The second-order valence-electron chi connectivity index (χ2n) is 5.03. The predicted octanol–water partition coefficient (Wildman–Crippen LogP) is -0.157. The monoisotopic (exact) mass is 375 g/mol. The third-order valence-electron chi connectivity index (χ3n) is 2.89. The Labute approximate surface area is 145 Å². The summed E-state index contributed by atoms with van der Waals surface area (Å²) in [5, 5.41) is 12.1. The minimum absolute atomic E-state index is 0.0678. The van der Waals surface area contributed by atoms with Crippen molar-refractivity contribution in [3.8, 4) is 0 Å². The molecule has 0 bridgehead atoms. The van der Waals surface area contributed by atoms with E-state index in [1.165, 1.54) is 29.6 Å². The van der Waals surface area contributed by atoms with E-state index in [1.807, 2.05) is 0 Å². The lowest BCUT2D eigenvalue weighted by Crippen LogP contribution is -2.49. The van der Waals surface area contributed by atoms with Crippen LogP contribution in [-0.2, 0) is 9.59 Å². The van der Waals surface area contributed by atoms with Crippen LogP contribution in [0.25, 0.3) is 0 Å². The molecule has 0 spiro atoms. The van der Waals surface area contributed by atoms with Gasteiger partial charge in [0.2, 0.25) is 5.91 Å². The van der Waals surface area contributed by atoms with E-state index >= 15 is 0 Å². The molecule has 1 aromatic rings. The van der Waals surface area contributed by atoms with Crippen LogP contribution < -0.4 is 22.1 Å². The summed E-state index contributed by atoms with van der Waals surface area (Å²) in [5.74, 6) is -3.91. The molecule has 0 saturated carbocycles. The van der Waals surface area contributed by atoms with E-state index in [2.05, 4.69) is 10.3 Å². The maximum Gasteiger partial charge on any atom is 0.409 e. The smallest absolute Gasteiger partial charge is 0.409 e. The number of guanidine groups is 1. The van der Waals surface area contributed by atoms with Crippen LogP contribution in [0.5, 0.6) is 0 Å². The minimum Gasteiger partial charge on any atom is -0.481 e. The van der Waals surface area contributed by atoms with Crippen LogP contribution in [0.1, 0.15) is 16.8 Å². The fraction of sp³-hybridized carbons (Fsp3) is 0.286. The molecule has 9 nitrogen and oxygen atoms in total. The largest absolute Gasteiger partial charge is 0.481 e. The second-order valence-corrected chi connectivity index (χ2v) is 5.03. The number of nitrogens with zero attached hydrogens (tertiary/aromatic N) is 1. The van der Waals surface area contributed by atoms with E-state index in [0.717, 1.165) is 0 Å². The lowest BCUT2D eigenvalue weighted by molar-refractivity contribution is -0.169. The van der Waals surface area contributed by atoms with Gasteiger partial charge >= 0.3 is 12.1 Å². The highest BCUT2D eigenvalue weighted by atomic mass is 19.4. The number of amides is 2. The molecule has 1 aromatic carbocycles. The molecule has 142 valence electrons. The molecule has 26 heavy (non-hydrogen) atoms. The van der Waals surface area contributed by atoms with E-state index in [4.69, 9.17) is 16.6 Å². The number of carboxylic acids is 1. The summed E-state index contributed by atoms with van der Waals surface area (Å²) in [6.45, 7) is -0.780. The average Bonchev–Trinajstić information content (AvgIpc) is 2.50. The molecule has 0 saturated heterocycles. The van der Waals surface area contributed by atoms with Crippen LogP contribution in [0.4, 0.5) is 18.9 Å². The SMILES string of the molecule is NC(N)=Nc1cccc(C(=O)NCC(=O)NC(CC(=O)O)C(F)(F)F)c1. The Morgan fingerprint density at radius 3 is 2.42 bits per heavy atom. The number of carbonyl (C=O) groups excluding carboxylic acids is 2. The summed E-state index contributed by atoms with van der Waals surface area (Å²) >= 11 is 0. The zero-order valence-electron chi connectivity index (χ0n) is 13.2. The first-order chi connectivity index (χ1) is 12.0. The van der Waals surface area contributed by atoms with Crippen LogP contribution in [0.3, 0.4) is 0 Å². The van der Waals surface area contributed by atoms with E-state index in [1.54, 1.807) is 0 Å². The molecule has 0 heterocycles. The first-order valence-electron chi connectivity index (χ1n) is 7.05. The number of carboxylic acid groups (broad SMARTS) is 1. The number of nitrogens with two attached hydrogens (primary N) is 2. The number of alkyl halides is 3. The standard InChI is InChI=1S/C14H16F3N5O4/c15-14(16,17)9(5-11(24)25)22-10(23)6-20-12(26)7-2-1-3-8(4-7)21-13(18)19/h1-4,9H,5-6H2,(H,20,26)(H,22,23)(H,24,25)(H4,18,19,21). The maximum absolute atomic E-state index is 12.7. The molecular weight excluding hydrogens is 359 g/mol. The van der Waals surface area contributed by atoms with Crippen LogP contribution >= 0.6 is 0 Å². The Hall–Kier alpha value is -3.31. The number of rotatable bonds is 7. The molecule has 0 aromatic heterocycles. The molecule has 0 fully saturated rings. The summed E-state index contributed by atoms with van der Waals surface area (Å²) in [4.78, 5) is 37.7. The topological polar surface area (TPSA) is 160 Å². The van der Waals surface area contributed by atoms with Gasteiger partial charge in [0.05, 0.1) is 18.7 Å². The number of benzene rings is 1. The van der Waals surface area contributed by atoms with Crippen molar-refractivity contribution in [1.82, 2.24) is 10.6 Å². The molecule has 0 radical (unpaired) electrons. The summed E-state index contributed by atoms with van der Waals surface area (Å²) in [6, 6.07) is 3.08. The van der Waals surface area contributed by atoms with E-state index < -0.39 is 43.0 Å².